The van der Waals surface area contributed by atoms with Crippen LogP contribution in [0.2, 0.25) is 0 Å². The lowest BCUT2D eigenvalue weighted by molar-refractivity contribution is -0.134. The van der Waals surface area contributed by atoms with Gasteiger partial charge < -0.3 is 10.2 Å². The van der Waals surface area contributed by atoms with Crippen molar-refractivity contribution in [1.29, 1.82) is 0 Å². The number of amides is 2. The number of hydrogen-bond donors (Lipinski definition) is 1. The van der Waals surface area contributed by atoms with E-state index in [2.05, 4.69) is 5.32 Å². The highest BCUT2D eigenvalue weighted by Gasteiger charge is 2.51. The van der Waals surface area contributed by atoms with Crippen molar-refractivity contribution >= 4 is 11.8 Å². The van der Waals surface area contributed by atoms with Gasteiger partial charge in [-0.15, -0.1) is 0 Å². The van der Waals surface area contributed by atoms with Crippen LogP contribution in [-0.2, 0) is 10.3 Å². The minimum absolute atomic E-state index is 0.128. The predicted molar refractivity (Wildman–Crippen MR) is 115 cm³/mol. The third-order valence-corrected chi connectivity index (χ3v) is 6.33. The van der Waals surface area contributed by atoms with Crippen LogP contribution in [0, 0.1) is 11.6 Å². The van der Waals surface area contributed by atoms with Gasteiger partial charge in [-0.25, -0.2) is 8.78 Å². The van der Waals surface area contributed by atoms with Crippen LogP contribution in [0.25, 0.3) is 11.1 Å². The molecule has 2 amide bonds. The first-order valence-electron chi connectivity index (χ1n) is 10.8. The molecule has 1 aliphatic carbocycles. The number of hydrogen-bond acceptors (Lipinski definition) is 2. The minimum Gasteiger partial charge on any atom is -0.349 e. The Morgan fingerprint density at radius 1 is 1.00 bits per heavy atom. The molecule has 1 heterocycles. The summed E-state index contributed by atoms with van der Waals surface area (Å²) < 4.78 is 28.6. The van der Waals surface area contributed by atoms with E-state index in [0.29, 0.717) is 16.7 Å². The van der Waals surface area contributed by atoms with Crippen LogP contribution in [0.5, 0.6) is 0 Å². The van der Waals surface area contributed by atoms with Gasteiger partial charge in [0.1, 0.15) is 17.2 Å². The second kappa shape index (κ2) is 7.43. The fourth-order valence-electron chi connectivity index (χ4n) is 4.94. The summed E-state index contributed by atoms with van der Waals surface area (Å²) in [6.45, 7) is 7.36. The van der Waals surface area contributed by atoms with Gasteiger partial charge in [-0.05, 0) is 87.6 Å². The predicted octanol–water partition coefficient (Wildman–Crippen LogP) is 5.16. The Morgan fingerprint density at radius 2 is 1.58 bits per heavy atom. The van der Waals surface area contributed by atoms with Crippen molar-refractivity contribution in [2.45, 2.75) is 70.5 Å². The number of fused-ring (bicyclic) bond motifs is 3. The number of halogens is 2. The molecule has 4 rings (SSSR count). The lowest BCUT2D eigenvalue weighted by atomic mass is 9.83. The zero-order valence-corrected chi connectivity index (χ0v) is 18.4. The minimum atomic E-state index is -1.38. The first-order chi connectivity index (χ1) is 14.5. The van der Waals surface area contributed by atoms with Gasteiger partial charge in [-0.3, -0.25) is 9.59 Å². The van der Waals surface area contributed by atoms with Crippen molar-refractivity contribution in [3.05, 3.63) is 59.2 Å². The van der Waals surface area contributed by atoms with E-state index in [1.54, 1.807) is 17.9 Å². The molecule has 0 aromatic heterocycles. The Labute approximate surface area is 181 Å². The van der Waals surface area contributed by atoms with Crippen molar-refractivity contribution in [2.24, 2.45) is 0 Å². The van der Waals surface area contributed by atoms with Crippen LogP contribution in [0.1, 0.15) is 69.3 Å². The Bertz CT molecular complexity index is 1050. The Balaban J connectivity index is 2.04. The number of rotatable bonds is 2. The topological polar surface area (TPSA) is 49.4 Å². The van der Waals surface area contributed by atoms with Gasteiger partial charge in [0.05, 0.1) is 0 Å². The molecular weight excluding hydrogens is 398 g/mol. The first-order valence-corrected chi connectivity index (χ1v) is 10.8. The van der Waals surface area contributed by atoms with Crippen LogP contribution in [0.15, 0.2) is 36.4 Å². The van der Waals surface area contributed by atoms with Crippen molar-refractivity contribution in [1.82, 2.24) is 10.2 Å². The van der Waals surface area contributed by atoms with Crippen LogP contribution in [0.4, 0.5) is 8.78 Å². The van der Waals surface area contributed by atoms with E-state index < -0.39 is 22.7 Å². The van der Waals surface area contributed by atoms with Crippen LogP contribution >= 0.6 is 0 Å². The Kier molecular flexibility index (Phi) is 5.15. The first kappa shape index (κ1) is 21.5. The SMILES string of the molecule is CC(C)(C)NC(=O)C1(C)c2ccc(F)cc2-c2cc(F)ccc2C(=O)N1C1CCCC1. The van der Waals surface area contributed by atoms with Gasteiger partial charge in [0, 0.05) is 17.1 Å². The molecule has 2 aromatic rings. The molecule has 31 heavy (non-hydrogen) atoms. The van der Waals surface area contributed by atoms with Gasteiger partial charge in [-0.1, -0.05) is 18.9 Å². The number of carbonyl (C=O) groups excluding carboxylic acids is 2. The molecule has 6 heteroatoms. The standard InChI is InChI=1S/C25H28F2N2O2/c1-24(2,3)28-23(31)25(4)21-12-10-16(27)14-20(21)19-13-15(26)9-11-18(19)22(30)29(25)17-7-5-6-8-17/h9-14,17H,5-8H2,1-4H3,(H,28,31). The van der Waals surface area contributed by atoms with E-state index in [0.717, 1.165) is 25.7 Å². The molecule has 1 N–H and O–H groups in total. The second-order valence-corrected chi connectivity index (χ2v) is 9.77. The zero-order valence-electron chi connectivity index (χ0n) is 18.4. The number of nitrogens with one attached hydrogen (secondary N) is 1. The molecule has 0 saturated heterocycles. The molecule has 4 nitrogen and oxygen atoms in total. The highest BCUT2D eigenvalue weighted by atomic mass is 19.1. The fraction of sp³-hybridized carbons (Fsp3) is 0.440. The molecule has 164 valence electrons. The van der Waals surface area contributed by atoms with E-state index in [9.17, 15) is 18.4 Å². The molecule has 1 fully saturated rings. The molecule has 0 radical (unpaired) electrons. The average molecular weight is 427 g/mol. The van der Waals surface area contributed by atoms with E-state index in [4.69, 9.17) is 0 Å². The van der Waals surface area contributed by atoms with Gasteiger partial charge in [-0.2, -0.15) is 0 Å². The third-order valence-electron chi connectivity index (χ3n) is 6.33. The molecule has 2 aromatic carbocycles. The largest absolute Gasteiger partial charge is 0.349 e. The zero-order chi connectivity index (χ0) is 22.6. The molecule has 0 bridgehead atoms. The average Bonchev–Trinajstić information content (AvgIpc) is 3.18. The summed E-state index contributed by atoms with van der Waals surface area (Å²) in [6, 6.07) is 7.95. The van der Waals surface area contributed by atoms with Gasteiger partial charge in [0.25, 0.3) is 11.8 Å². The summed E-state index contributed by atoms with van der Waals surface area (Å²) >= 11 is 0. The molecule has 2 aliphatic rings. The maximum atomic E-state index is 14.3. The van der Waals surface area contributed by atoms with E-state index >= 15 is 0 Å². The summed E-state index contributed by atoms with van der Waals surface area (Å²) in [5.41, 5.74) is -0.439. The summed E-state index contributed by atoms with van der Waals surface area (Å²) in [4.78, 5) is 29.4. The van der Waals surface area contributed by atoms with Crippen LogP contribution in [-0.4, -0.2) is 28.3 Å². The summed E-state index contributed by atoms with van der Waals surface area (Å²) in [5, 5.41) is 3.02. The van der Waals surface area contributed by atoms with Crippen molar-refractivity contribution < 1.29 is 18.4 Å². The summed E-state index contributed by atoms with van der Waals surface area (Å²) in [7, 11) is 0. The lowest BCUT2D eigenvalue weighted by Gasteiger charge is -2.44. The monoisotopic (exact) mass is 426 g/mol. The maximum absolute atomic E-state index is 14.3. The number of nitrogens with zero attached hydrogens (tertiary/aromatic N) is 1. The highest BCUT2D eigenvalue weighted by molar-refractivity contribution is 6.07. The fourth-order valence-corrected chi connectivity index (χ4v) is 4.94. The van der Waals surface area contributed by atoms with Crippen molar-refractivity contribution in [2.75, 3.05) is 0 Å². The van der Waals surface area contributed by atoms with Crippen LogP contribution < -0.4 is 5.32 Å². The highest BCUT2D eigenvalue weighted by Crippen LogP contribution is 2.45. The number of benzene rings is 2. The van der Waals surface area contributed by atoms with E-state index in [1.165, 1.54) is 30.3 Å². The molecule has 0 spiro atoms. The van der Waals surface area contributed by atoms with Gasteiger partial charge >= 0.3 is 0 Å². The quantitative estimate of drug-likeness (QED) is 0.721. The molecular formula is C25H28F2N2O2. The number of carbonyl (C=O) groups is 2. The Hall–Kier alpha value is -2.76. The maximum Gasteiger partial charge on any atom is 0.255 e. The van der Waals surface area contributed by atoms with Crippen LogP contribution in [0.3, 0.4) is 0 Å². The molecule has 1 aliphatic heterocycles. The van der Waals surface area contributed by atoms with Gasteiger partial charge in [0.2, 0.25) is 0 Å². The Morgan fingerprint density at radius 3 is 2.19 bits per heavy atom. The molecule has 1 saturated carbocycles. The molecule has 1 unspecified atom stereocenters. The van der Waals surface area contributed by atoms with E-state index in [1.807, 2.05) is 20.8 Å². The van der Waals surface area contributed by atoms with Gasteiger partial charge in [0.15, 0.2) is 0 Å². The smallest absolute Gasteiger partial charge is 0.255 e. The lowest BCUT2D eigenvalue weighted by Crippen LogP contribution is -2.61. The van der Waals surface area contributed by atoms with E-state index in [-0.39, 0.29) is 23.4 Å². The summed E-state index contributed by atoms with van der Waals surface area (Å²) in [6.07, 6.45) is 3.52. The second-order valence-electron chi connectivity index (χ2n) is 9.77. The summed E-state index contributed by atoms with van der Waals surface area (Å²) in [5.74, 6) is -1.68. The molecule has 1 atom stereocenters. The van der Waals surface area contributed by atoms with Crippen molar-refractivity contribution in [3.63, 3.8) is 0 Å². The third kappa shape index (κ3) is 3.62. The normalized spacial score (nSPS) is 21.5. The van der Waals surface area contributed by atoms with Crippen molar-refractivity contribution in [3.8, 4) is 11.1 Å².